The van der Waals surface area contributed by atoms with Crippen LogP contribution in [0.15, 0.2) is 72.8 Å². The predicted molar refractivity (Wildman–Crippen MR) is 142 cm³/mol. The van der Waals surface area contributed by atoms with E-state index in [-0.39, 0.29) is 16.7 Å². The largest absolute Gasteiger partial charge is 0.380 e. The molecule has 8 heteroatoms. The van der Waals surface area contributed by atoms with E-state index in [2.05, 4.69) is 0 Å². The number of hydrogen-bond donors (Lipinski definition) is 1. The van der Waals surface area contributed by atoms with Crippen LogP contribution in [0.25, 0.3) is 0 Å². The van der Waals surface area contributed by atoms with Gasteiger partial charge >= 0.3 is 0 Å². The van der Waals surface area contributed by atoms with E-state index < -0.39 is 46.7 Å². The summed E-state index contributed by atoms with van der Waals surface area (Å²) >= 11 is 0. The zero-order valence-electron chi connectivity index (χ0n) is 22.2. The molecule has 4 aromatic rings. The molecule has 206 valence electrons. The Morgan fingerprint density at radius 3 is 1.23 bits per heavy atom. The highest BCUT2D eigenvalue weighted by molar-refractivity contribution is 6.49. The van der Waals surface area contributed by atoms with Gasteiger partial charge in [-0.25, -0.2) is 17.6 Å². The molecule has 0 aliphatic rings. The molecule has 0 saturated carbocycles. The van der Waals surface area contributed by atoms with Gasteiger partial charge in [-0.1, -0.05) is 46.5 Å². The van der Waals surface area contributed by atoms with Gasteiger partial charge in [-0.05, 0) is 69.7 Å². The lowest BCUT2D eigenvalue weighted by molar-refractivity contribution is 0.0746. The molecule has 1 atom stereocenters. The Bertz CT molecular complexity index is 1470. The van der Waals surface area contributed by atoms with Crippen LogP contribution >= 0.6 is 0 Å². The summed E-state index contributed by atoms with van der Waals surface area (Å²) in [7, 11) is 0. The number of hydrogen-bond acceptors (Lipinski definition) is 4. The fraction of sp³-hybridized carbons (Fsp3) is 0.156. The third-order valence-electron chi connectivity index (χ3n) is 5.77. The summed E-state index contributed by atoms with van der Waals surface area (Å²) in [4.78, 5) is 36.2. The van der Waals surface area contributed by atoms with Gasteiger partial charge in [-0.3, -0.25) is 14.4 Å². The average Bonchev–Trinajstić information content (AvgIpc) is 2.85. The number of Topliss-reactive ketones (excluding diaryl/α,β-unsaturated/α-hetero) is 3. The number of benzene rings is 4. The molecule has 0 aromatic heterocycles. The van der Waals surface area contributed by atoms with Gasteiger partial charge in [0.2, 0.25) is 11.6 Å². The van der Waals surface area contributed by atoms with Crippen LogP contribution in [0.2, 0.25) is 0 Å². The minimum atomic E-state index is -1.44. The zero-order valence-corrected chi connectivity index (χ0v) is 22.2. The molecule has 1 N–H and O–H groups in total. The molecule has 4 rings (SSSR count). The van der Waals surface area contributed by atoms with Crippen LogP contribution < -0.4 is 0 Å². The highest BCUT2D eigenvalue weighted by atomic mass is 19.1. The predicted octanol–water partition coefficient (Wildman–Crippen LogP) is 7.15. The fourth-order valence-corrected chi connectivity index (χ4v) is 4.23. The number of aliphatic hydroxyl groups excluding tert-OH is 1. The SMILES string of the molecule is Cc1cc(C)cc(C(=O)C(=O)c2cc(F)cc(F)c2)c1.Cc1cc(C)cc(C(O)C(=O)c2cc(F)cc(F)c2)c1. The molecular weight excluding hydrogens is 524 g/mol. The molecule has 0 amide bonds. The van der Waals surface area contributed by atoms with E-state index in [0.29, 0.717) is 17.7 Å². The van der Waals surface area contributed by atoms with Crippen LogP contribution in [0, 0.1) is 51.0 Å². The van der Waals surface area contributed by atoms with Gasteiger partial charge < -0.3 is 5.11 Å². The van der Waals surface area contributed by atoms with Gasteiger partial charge in [0.05, 0.1) is 0 Å². The molecule has 40 heavy (non-hydrogen) atoms. The first-order valence-electron chi connectivity index (χ1n) is 12.1. The Morgan fingerprint density at radius 2 is 0.825 bits per heavy atom. The normalized spacial score (nSPS) is 11.3. The van der Waals surface area contributed by atoms with E-state index in [9.17, 15) is 37.1 Å². The first-order chi connectivity index (χ1) is 18.7. The first-order valence-corrected chi connectivity index (χ1v) is 12.1. The number of aliphatic hydroxyl groups is 1. The van der Waals surface area contributed by atoms with Gasteiger partial charge in [0.25, 0.3) is 0 Å². The summed E-state index contributed by atoms with van der Waals surface area (Å²) in [5.41, 5.74) is 3.64. The second-order valence-electron chi connectivity index (χ2n) is 9.54. The van der Waals surface area contributed by atoms with Crippen molar-refractivity contribution in [2.24, 2.45) is 0 Å². The van der Waals surface area contributed by atoms with Gasteiger partial charge in [0.15, 0.2) is 5.78 Å². The molecular formula is C32H26F4O4. The van der Waals surface area contributed by atoms with Crippen molar-refractivity contribution in [2.75, 3.05) is 0 Å². The molecule has 0 bridgehead atoms. The quantitative estimate of drug-likeness (QED) is 0.157. The van der Waals surface area contributed by atoms with Gasteiger partial charge in [-0.2, -0.15) is 0 Å². The number of rotatable bonds is 6. The Labute approximate surface area is 228 Å². The second-order valence-corrected chi connectivity index (χ2v) is 9.54. The van der Waals surface area contributed by atoms with Crippen molar-refractivity contribution >= 4 is 17.3 Å². The first kappa shape index (κ1) is 30.1. The van der Waals surface area contributed by atoms with Crippen LogP contribution in [0.3, 0.4) is 0 Å². The van der Waals surface area contributed by atoms with E-state index in [4.69, 9.17) is 0 Å². The van der Waals surface area contributed by atoms with Crippen LogP contribution in [0.1, 0.15) is 65.0 Å². The summed E-state index contributed by atoms with van der Waals surface area (Å²) in [6.07, 6.45) is -1.44. The Balaban J connectivity index is 0.000000220. The van der Waals surface area contributed by atoms with Crippen molar-refractivity contribution in [3.8, 4) is 0 Å². The average molecular weight is 551 g/mol. The summed E-state index contributed by atoms with van der Waals surface area (Å²) in [6, 6.07) is 15.1. The molecule has 0 saturated heterocycles. The Kier molecular flexibility index (Phi) is 9.50. The summed E-state index contributed by atoms with van der Waals surface area (Å²) < 4.78 is 52.4. The summed E-state index contributed by atoms with van der Waals surface area (Å²) in [5.74, 6) is -5.89. The van der Waals surface area contributed by atoms with Crippen LogP contribution in [-0.4, -0.2) is 22.5 Å². The number of halogens is 4. The lowest BCUT2D eigenvalue weighted by Gasteiger charge is -2.12. The number of carbonyl (C=O) groups is 3. The van der Waals surface area contributed by atoms with Crippen LogP contribution in [0.5, 0.6) is 0 Å². The smallest absolute Gasteiger partial charge is 0.233 e. The summed E-state index contributed by atoms with van der Waals surface area (Å²) in [5, 5.41) is 10.1. The minimum absolute atomic E-state index is 0.186. The standard InChI is InChI=1S/C16H14F2O2.C16H12F2O2/c2*1-9-3-10(2)5-11(4-9)15(19)16(20)12-6-13(17)8-14(18)7-12/h3-8,15,19H,1-2H3;3-8H,1-2H3. The second kappa shape index (κ2) is 12.6. The van der Waals surface area contributed by atoms with E-state index in [0.717, 1.165) is 46.5 Å². The van der Waals surface area contributed by atoms with Crippen molar-refractivity contribution in [3.63, 3.8) is 0 Å². The molecule has 4 nitrogen and oxygen atoms in total. The number of ketones is 3. The molecule has 0 aliphatic heterocycles. The monoisotopic (exact) mass is 550 g/mol. The number of carbonyl (C=O) groups excluding carboxylic acids is 3. The maximum atomic E-state index is 13.1. The van der Waals surface area contributed by atoms with Crippen molar-refractivity contribution in [1.29, 1.82) is 0 Å². The van der Waals surface area contributed by atoms with Crippen molar-refractivity contribution in [1.82, 2.24) is 0 Å². The lowest BCUT2D eigenvalue weighted by atomic mass is 9.97. The van der Waals surface area contributed by atoms with E-state index in [1.54, 1.807) is 38.1 Å². The third kappa shape index (κ3) is 7.80. The molecule has 0 radical (unpaired) electrons. The van der Waals surface area contributed by atoms with E-state index in [1.807, 2.05) is 26.0 Å². The fourth-order valence-electron chi connectivity index (χ4n) is 4.23. The van der Waals surface area contributed by atoms with Crippen molar-refractivity contribution in [2.45, 2.75) is 33.8 Å². The van der Waals surface area contributed by atoms with Gasteiger partial charge in [-0.15, -0.1) is 0 Å². The Hall–Kier alpha value is -4.43. The van der Waals surface area contributed by atoms with Crippen LogP contribution in [-0.2, 0) is 0 Å². The lowest BCUT2D eigenvalue weighted by Crippen LogP contribution is -2.15. The van der Waals surface area contributed by atoms with Crippen molar-refractivity contribution < 1.29 is 37.1 Å². The molecule has 0 spiro atoms. The maximum Gasteiger partial charge on any atom is 0.233 e. The maximum absolute atomic E-state index is 13.1. The summed E-state index contributed by atoms with van der Waals surface area (Å²) in [6.45, 7) is 7.29. The van der Waals surface area contributed by atoms with Crippen molar-refractivity contribution in [3.05, 3.63) is 141 Å². The number of aryl methyl sites for hydroxylation is 4. The molecule has 0 heterocycles. The molecule has 4 aromatic carbocycles. The van der Waals surface area contributed by atoms with E-state index in [1.165, 1.54) is 0 Å². The van der Waals surface area contributed by atoms with E-state index >= 15 is 0 Å². The highest BCUT2D eigenvalue weighted by Gasteiger charge is 2.22. The zero-order chi connectivity index (χ0) is 29.7. The van der Waals surface area contributed by atoms with Gasteiger partial charge in [0, 0.05) is 28.8 Å². The third-order valence-corrected chi connectivity index (χ3v) is 5.77. The minimum Gasteiger partial charge on any atom is -0.380 e. The Morgan fingerprint density at radius 1 is 0.500 bits per heavy atom. The van der Waals surface area contributed by atoms with Gasteiger partial charge in [0.1, 0.15) is 29.4 Å². The topological polar surface area (TPSA) is 71.4 Å². The molecule has 0 aliphatic carbocycles. The molecule has 0 fully saturated rings. The highest BCUT2D eigenvalue weighted by Crippen LogP contribution is 2.22. The van der Waals surface area contributed by atoms with Crippen LogP contribution in [0.4, 0.5) is 17.6 Å². The molecule has 1 unspecified atom stereocenters.